The van der Waals surface area contributed by atoms with Crippen LogP contribution >= 0.6 is 11.3 Å². The number of nitrogens with one attached hydrogen (secondary N) is 2. The topological polar surface area (TPSA) is 48.9 Å². The van der Waals surface area contributed by atoms with E-state index in [1.54, 1.807) is 0 Å². The Bertz CT molecular complexity index is 590. The lowest BCUT2D eigenvalue weighted by atomic mass is 9.83. The van der Waals surface area contributed by atoms with Crippen LogP contribution in [0.25, 0.3) is 0 Å². The molecule has 2 aliphatic rings. The summed E-state index contributed by atoms with van der Waals surface area (Å²) in [4.78, 5) is 9.08. The van der Waals surface area contributed by atoms with Gasteiger partial charge in [0, 0.05) is 44.8 Å². The van der Waals surface area contributed by atoms with Crippen LogP contribution in [-0.2, 0) is 11.3 Å². The fourth-order valence-electron chi connectivity index (χ4n) is 4.73. The Labute approximate surface area is 181 Å². The molecule has 29 heavy (non-hydrogen) atoms. The summed E-state index contributed by atoms with van der Waals surface area (Å²) in [5.41, 5.74) is 0.353. The maximum Gasteiger partial charge on any atom is 0.191 e. The number of likely N-dealkylation sites (tertiary alicyclic amines) is 1. The molecule has 0 radical (unpaired) electrons. The standard InChI is InChI=1S/C23H40N4OS/c1-3-24-22(26-19-23(12-15-28-2)10-4-5-11-23)25-17-20-8-13-27(14-9-20)18-21-7-6-16-29-21/h6-7,16,20H,3-5,8-15,17-19H2,1-2H3,(H2,24,25,26). The molecule has 1 aromatic heterocycles. The Kier molecular flexibility index (Phi) is 9.28. The Morgan fingerprint density at radius 3 is 2.72 bits per heavy atom. The van der Waals surface area contributed by atoms with Crippen LogP contribution in [0.3, 0.4) is 0 Å². The molecule has 2 heterocycles. The quantitative estimate of drug-likeness (QED) is 0.442. The minimum absolute atomic E-state index is 0.353. The van der Waals surface area contributed by atoms with Gasteiger partial charge < -0.3 is 15.4 Å². The third-order valence-electron chi connectivity index (χ3n) is 6.64. The number of piperidine rings is 1. The summed E-state index contributed by atoms with van der Waals surface area (Å²) in [6, 6.07) is 4.41. The summed E-state index contributed by atoms with van der Waals surface area (Å²) >= 11 is 1.87. The Morgan fingerprint density at radius 2 is 2.07 bits per heavy atom. The zero-order chi connectivity index (χ0) is 20.4. The zero-order valence-corrected chi connectivity index (χ0v) is 19.2. The molecule has 1 saturated carbocycles. The van der Waals surface area contributed by atoms with E-state index in [1.807, 2.05) is 18.4 Å². The van der Waals surface area contributed by atoms with Crippen molar-refractivity contribution >= 4 is 17.3 Å². The summed E-state index contributed by atoms with van der Waals surface area (Å²) < 4.78 is 5.37. The van der Waals surface area contributed by atoms with Crippen molar-refractivity contribution in [3.8, 4) is 0 Å². The SMILES string of the molecule is CCNC(=NCC1(CCOC)CCCC1)NCC1CCN(Cc2cccs2)CC1. The van der Waals surface area contributed by atoms with E-state index in [9.17, 15) is 0 Å². The van der Waals surface area contributed by atoms with Crippen molar-refractivity contribution in [3.05, 3.63) is 22.4 Å². The number of hydrogen-bond acceptors (Lipinski definition) is 4. The first-order chi connectivity index (χ1) is 14.2. The van der Waals surface area contributed by atoms with Gasteiger partial charge in [-0.1, -0.05) is 18.9 Å². The lowest BCUT2D eigenvalue weighted by molar-refractivity contribution is 0.141. The summed E-state index contributed by atoms with van der Waals surface area (Å²) in [6.07, 6.45) is 8.95. The molecule has 2 N–H and O–H groups in total. The normalized spacial score (nSPS) is 20.8. The molecule has 1 aromatic rings. The molecule has 6 heteroatoms. The molecule has 0 bridgehead atoms. The maximum absolute atomic E-state index is 5.37. The number of rotatable bonds is 10. The van der Waals surface area contributed by atoms with Crippen LogP contribution in [0, 0.1) is 11.3 Å². The van der Waals surface area contributed by atoms with E-state index in [4.69, 9.17) is 9.73 Å². The second kappa shape index (κ2) is 11.9. The average Bonchev–Trinajstić information content (AvgIpc) is 3.42. The van der Waals surface area contributed by atoms with E-state index >= 15 is 0 Å². The number of methoxy groups -OCH3 is 1. The third kappa shape index (κ3) is 7.26. The molecule has 1 aliphatic heterocycles. The van der Waals surface area contributed by atoms with E-state index in [0.717, 1.165) is 51.1 Å². The van der Waals surface area contributed by atoms with Gasteiger partial charge in [-0.2, -0.15) is 0 Å². The van der Waals surface area contributed by atoms with Gasteiger partial charge in [-0.15, -0.1) is 11.3 Å². The first kappa shape index (κ1) is 22.6. The molecule has 3 rings (SSSR count). The summed E-state index contributed by atoms with van der Waals surface area (Å²) in [7, 11) is 1.81. The molecule has 0 aromatic carbocycles. The second-order valence-corrected chi connectivity index (χ2v) is 9.86. The molecular formula is C23H40N4OS. The number of guanidine groups is 1. The lowest BCUT2D eigenvalue weighted by Crippen LogP contribution is -2.43. The minimum atomic E-state index is 0.353. The summed E-state index contributed by atoms with van der Waals surface area (Å²) in [5.74, 6) is 1.74. The molecule has 164 valence electrons. The molecule has 0 unspecified atom stereocenters. The number of hydrogen-bond donors (Lipinski definition) is 2. The zero-order valence-electron chi connectivity index (χ0n) is 18.4. The summed E-state index contributed by atoms with van der Waals surface area (Å²) in [5, 5.41) is 9.27. The van der Waals surface area contributed by atoms with E-state index in [1.165, 1.54) is 56.5 Å². The van der Waals surface area contributed by atoms with Crippen molar-refractivity contribution in [2.45, 2.75) is 58.4 Å². The smallest absolute Gasteiger partial charge is 0.191 e. The average molecular weight is 421 g/mol. The highest BCUT2D eigenvalue weighted by Gasteiger charge is 2.33. The second-order valence-electron chi connectivity index (χ2n) is 8.82. The fraction of sp³-hybridized carbons (Fsp3) is 0.783. The Hall–Kier alpha value is -1.11. The number of ether oxygens (including phenoxy) is 1. The van der Waals surface area contributed by atoms with Crippen molar-refractivity contribution in [2.75, 3.05) is 46.4 Å². The van der Waals surface area contributed by atoms with E-state index in [2.05, 4.69) is 40.0 Å². The molecule has 2 fully saturated rings. The highest BCUT2D eigenvalue weighted by molar-refractivity contribution is 7.09. The first-order valence-electron chi connectivity index (χ1n) is 11.5. The van der Waals surface area contributed by atoms with Crippen LogP contribution in [0.1, 0.15) is 56.7 Å². The van der Waals surface area contributed by atoms with Gasteiger partial charge >= 0.3 is 0 Å². The number of aliphatic imine (C=N–C) groups is 1. The van der Waals surface area contributed by atoms with Gasteiger partial charge in [0.2, 0.25) is 0 Å². The van der Waals surface area contributed by atoms with Gasteiger partial charge in [-0.3, -0.25) is 9.89 Å². The van der Waals surface area contributed by atoms with Crippen molar-refractivity contribution in [1.29, 1.82) is 0 Å². The number of thiophene rings is 1. The van der Waals surface area contributed by atoms with Gasteiger partial charge in [0.25, 0.3) is 0 Å². The highest BCUT2D eigenvalue weighted by Crippen LogP contribution is 2.41. The van der Waals surface area contributed by atoms with Gasteiger partial charge in [0.15, 0.2) is 5.96 Å². The van der Waals surface area contributed by atoms with E-state index in [-0.39, 0.29) is 0 Å². The predicted octanol–water partition coefficient (Wildman–Crippen LogP) is 4.11. The van der Waals surface area contributed by atoms with Crippen LogP contribution in [0.5, 0.6) is 0 Å². The lowest BCUT2D eigenvalue weighted by Gasteiger charge is -2.32. The third-order valence-corrected chi connectivity index (χ3v) is 7.50. The molecule has 5 nitrogen and oxygen atoms in total. The van der Waals surface area contributed by atoms with Crippen LogP contribution < -0.4 is 10.6 Å². The largest absolute Gasteiger partial charge is 0.385 e. The van der Waals surface area contributed by atoms with Crippen molar-refractivity contribution in [2.24, 2.45) is 16.3 Å². The van der Waals surface area contributed by atoms with Crippen molar-refractivity contribution < 1.29 is 4.74 Å². The minimum Gasteiger partial charge on any atom is -0.385 e. The first-order valence-corrected chi connectivity index (χ1v) is 12.4. The van der Waals surface area contributed by atoms with Crippen LogP contribution in [-0.4, -0.2) is 57.3 Å². The molecular weight excluding hydrogens is 380 g/mol. The Balaban J connectivity index is 1.43. The van der Waals surface area contributed by atoms with E-state index in [0.29, 0.717) is 5.41 Å². The fourth-order valence-corrected chi connectivity index (χ4v) is 5.48. The molecule has 0 amide bonds. The van der Waals surface area contributed by atoms with Crippen LogP contribution in [0.4, 0.5) is 0 Å². The predicted molar refractivity (Wildman–Crippen MR) is 124 cm³/mol. The van der Waals surface area contributed by atoms with Gasteiger partial charge in [-0.05, 0) is 74.9 Å². The van der Waals surface area contributed by atoms with Gasteiger partial charge in [0.1, 0.15) is 0 Å². The molecule has 0 spiro atoms. The van der Waals surface area contributed by atoms with Crippen LogP contribution in [0.2, 0.25) is 0 Å². The summed E-state index contributed by atoms with van der Waals surface area (Å²) in [6.45, 7) is 9.40. The Morgan fingerprint density at radius 1 is 1.28 bits per heavy atom. The monoisotopic (exact) mass is 420 g/mol. The van der Waals surface area contributed by atoms with Gasteiger partial charge in [0.05, 0.1) is 0 Å². The van der Waals surface area contributed by atoms with Gasteiger partial charge in [-0.25, -0.2) is 0 Å². The van der Waals surface area contributed by atoms with Crippen molar-refractivity contribution in [1.82, 2.24) is 15.5 Å². The maximum atomic E-state index is 5.37. The number of nitrogens with zero attached hydrogens (tertiary/aromatic N) is 2. The van der Waals surface area contributed by atoms with Crippen molar-refractivity contribution in [3.63, 3.8) is 0 Å². The molecule has 1 aliphatic carbocycles. The highest BCUT2D eigenvalue weighted by atomic mass is 32.1. The molecule has 0 atom stereocenters. The van der Waals surface area contributed by atoms with E-state index < -0.39 is 0 Å². The van der Waals surface area contributed by atoms with Crippen LogP contribution in [0.15, 0.2) is 22.5 Å². The molecule has 1 saturated heterocycles.